The maximum atomic E-state index is 11.7. The summed E-state index contributed by atoms with van der Waals surface area (Å²) in [5.41, 5.74) is 5.61. The van der Waals surface area contributed by atoms with Gasteiger partial charge in [0.2, 0.25) is 5.91 Å². The van der Waals surface area contributed by atoms with Crippen LogP contribution in [0, 0.1) is 0 Å². The lowest BCUT2D eigenvalue weighted by Crippen LogP contribution is -2.43. The monoisotopic (exact) mass is 265 g/mol. The Hall–Kier alpha value is -0.360. The highest BCUT2D eigenvalue weighted by atomic mass is 35.5. The second-order valence-corrected chi connectivity index (χ2v) is 4.30. The maximum absolute atomic E-state index is 11.7. The molecule has 0 saturated carbocycles. The quantitative estimate of drug-likeness (QED) is 0.774. The molecule has 0 aromatic carbocycles. The minimum Gasteiger partial charge on any atom is -0.383 e. The fourth-order valence-corrected chi connectivity index (χ4v) is 1.92. The van der Waals surface area contributed by atoms with E-state index in [-0.39, 0.29) is 24.4 Å². The van der Waals surface area contributed by atoms with E-state index in [0.717, 1.165) is 45.8 Å². The van der Waals surface area contributed by atoms with Crippen molar-refractivity contribution in [3.05, 3.63) is 0 Å². The summed E-state index contributed by atoms with van der Waals surface area (Å²) in [7, 11) is 1.71. The molecule has 1 aliphatic heterocycles. The van der Waals surface area contributed by atoms with Gasteiger partial charge in [0.05, 0.1) is 12.6 Å². The molecule has 6 heteroatoms. The van der Waals surface area contributed by atoms with Gasteiger partial charge in [-0.2, -0.15) is 0 Å². The first-order valence-corrected chi connectivity index (χ1v) is 5.91. The van der Waals surface area contributed by atoms with Crippen molar-refractivity contribution in [2.24, 2.45) is 5.73 Å². The van der Waals surface area contributed by atoms with E-state index in [9.17, 15) is 4.79 Å². The summed E-state index contributed by atoms with van der Waals surface area (Å²) in [5, 5.41) is 0. The van der Waals surface area contributed by atoms with Gasteiger partial charge in [-0.05, 0) is 19.9 Å². The van der Waals surface area contributed by atoms with Crippen molar-refractivity contribution in [2.45, 2.75) is 19.4 Å². The average molecular weight is 266 g/mol. The number of ether oxygens (including phenoxy) is 1. The van der Waals surface area contributed by atoms with Crippen molar-refractivity contribution in [1.29, 1.82) is 0 Å². The van der Waals surface area contributed by atoms with Crippen LogP contribution in [0.1, 0.15) is 13.3 Å². The van der Waals surface area contributed by atoms with E-state index in [4.69, 9.17) is 10.5 Å². The Bertz CT molecular complexity index is 227. The van der Waals surface area contributed by atoms with E-state index in [1.54, 1.807) is 14.0 Å². The Balaban J connectivity index is 0.00000256. The van der Waals surface area contributed by atoms with Gasteiger partial charge in [-0.1, -0.05) is 0 Å². The highest BCUT2D eigenvalue weighted by Crippen LogP contribution is 2.04. The molecule has 1 amide bonds. The van der Waals surface area contributed by atoms with Gasteiger partial charge in [-0.15, -0.1) is 12.4 Å². The zero-order chi connectivity index (χ0) is 12.0. The number of amides is 1. The Morgan fingerprint density at radius 2 is 2.06 bits per heavy atom. The number of rotatable bonds is 4. The van der Waals surface area contributed by atoms with Crippen LogP contribution in [-0.4, -0.2) is 68.2 Å². The normalized spacial score (nSPS) is 19.4. The van der Waals surface area contributed by atoms with E-state index in [2.05, 4.69) is 4.90 Å². The number of hydrogen-bond donors (Lipinski definition) is 1. The average Bonchev–Trinajstić information content (AvgIpc) is 2.50. The third-order valence-electron chi connectivity index (χ3n) is 2.90. The van der Waals surface area contributed by atoms with E-state index >= 15 is 0 Å². The van der Waals surface area contributed by atoms with E-state index in [0.29, 0.717) is 0 Å². The molecule has 1 atom stereocenters. The molecule has 0 aromatic rings. The van der Waals surface area contributed by atoms with E-state index in [1.807, 2.05) is 4.90 Å². The number of methoxy groups -OCH3 is 1. The first-order valence-electron chi connectivity index (χ1n) is 5.91. The van der Waals surface area contributed by atoms with Gasteiger partial charge >= 0.3 is 0 Å². The first-order chi connectivity index (χ1) is 7.65. The molecule has 1 saturated heterocycles. The van der Waals surface area contributed by atoms with Crippen molar-refractivity contribution < 1.29 is 9.53 Å². The van der Waals surface area contributed by atoms with E-state index < -0.39 is 0 Å². The highest BCUT2D eigenvalue weighted by Gasteiger charge is 2.20. The molecular formula is C11H24ClN3O2. The van der Waals surface area contributed by atoms with Crippen molar-refractivity contribution in [2.75, 3.05) is 46.4 Å². The second-order valence-electron chi connectivity index (χ2n) is 4.30. The molecule has 1 aliphatic rings. The summed E-state index contributed by atoms with van der Waals surface area (Å²) in [6.07, 6.45) is 1.02. The van der Waals surface area contributed by atoms with Gasteiger partial charge in [0.15, 0.2) is 0 Å². The van der Waals surface area contributed by atoms with Gasteiger partial charge in [0.1, 0.15) is 0 Å². The van der Waals surface area contributed by atoms with Crippen LogP contribution in [0.4, 0.5) is 0 Å². The number of carbonyl (C=O) groups is 1. The zero-order valence-corrected chi connectivity index (χ0v) is 11.5. The molecule has 0 bridgehead atoms. The van der Waals surface area contributed by atoms with Crippen LogP contribution in [-0.2, 0) is 9.53 Å². The third-order valence-corrected chi connectivity index (χ3v) is 2.90. The molecule has 5 nitrogen and oxygen atoms in total. The molecule has 102 valence electrons. The molecule has 0 radical (unpaired) electrons. The Morgan fingerprint density at radius 3 is 2.65 bits per heavy atom. The Kier molecular flexibility index (Phi) is 8.51. The first kappa shape index (κ1) is 16.6. The minimum atomic E-state index is -0.384. The standard InChI is InChI=1S/C11H23N3O2.ClH/c1-10(12)11(15)14-5-3-4-13(6-7-14)8-9-16-2;/h10H,3-9,12H2,1-2H3;1H/t10-;/m1./s1. The number of nitrogens with zero attached hydrogens (tertiary/aromatic N) is 2. The van der Waals surface area contributed by atoms with Crippen LogP contribution in [0.25, 0.3) is 0 Å². The highest BCUT2D eigenvalue weighted by molar-refractivity contribution is 5.85. The van der Waals surface area contributed by atoms with Gasteiger partial charge in [0, 0.05) is 33.3 Å². The van der Waals surface area contributed by atoms with Crippen LogP contribution in [0.5, 0.6) is 0 Å². The van der Waals surface area contributed by atoms with Crippen molar-refractivity contribution >= 4 is 18.3 Å². The number of halogens is 1. The molecule has 0 aromatic heterocycles. The largest absolute Gasteiger partial charge is 0.383 e. The summed E-state index contributed by atoms with van der Waals surface area (Å²) in [6, 6.07) is -0.384. The minimum absolute atomic E-state index is 0. The molecule has 1 rings (SSSR count). The van der Waals surface area contributed by atoms with Crippen molar-refractivity contribution in [3.63, 3.8) is 0 Å². The molecule has 17 heavy (non-hydrogen) atoms. The number of hydrogen-bond acceptors (Lipinski definition) is 4. The fourth-order valence-electron chi connectivity index (χ4n) is 1.92. The SMILES string of the molecule is COCCN1CCCN(C(=O)[C@@H](C)N)CC1.Cl. The lowest BCUT2D eigenvalue weighted by molar-refractivity contribution is -0.132. The summed E-state index contributed by atoms with van der Waals surface area (Å²) in [6.45, 7) is 7.00. The van der Waals surface area contributed by atoms with Crippen LogP contribution in [0.3, 0.4) is 0 Å². The molecule has 1 heterocycles. The lowest BCUT2D eigenvalue weighted by Gasteiger charge is -2.23. The summed E-state index contributed by atoms with van der Waals surface area (Å²) in [4.78, 5) is 15.9. The smallest absolute Gasteiger partial charge is 0.239 e. The topological polar surface area (TPSA) is 58.8 Å². The van der Waals surface area contributed by atoms with Crippen LogP contribution < -0.4 is 5.73 Å². The predicted molar refractivity (Wildman–Crippen MR) is 70.4 cm³/mol. The molecular weight excluding hydrogens is 242 g/mol. The van der Waals surface area contributed by atoms with Crippen LogP contribution in [0.15, 0.2) is 0 Å². The Morgan fingerprint density at radius 1 is 1.35 bits per heavy atom. The van der Waals surface area contributed by atoms with Crippen LogP contribution >= 0.6 is 12.4 Å². The van der Waals surface area contributed by atoms with Gasteiger partial charge in [0.25, 0.3) is 0 Å². The summed E-state index contributed by atoms with van der Waals surface area (Å²) < 4.78 is 5.06. The van der Waals surface area contributed by atoms with E-state index in [1.165, 1.54) is 0 Å². The maximum Gasteiger partial charge on any atom is 0.239 e. The zero-order valence-electron chi connectivity index (χ0n) is 10.7. The Labute approximate surface area is 110 Å². The van der Waals surface area contributed by atoms with Gasteiger partial charge in [-0.3, -0.25) is 9.69 Å². The predicted octanol–water partition coefficient (Wildman–Crippen LogP) is -0.0639. The molecule has 0 unspecified atom stereocenters. The fraction of sp³-hybridized carbons (Fsp3) is 0.909. The van der Waals surface area contributed by atoms with Gasteiger partial charge < -0.3 is 15.4 Å². The van der Waals surface area contributed by atoms with Crippen molar-refractivity contribution in [3.8, 4) is 0 Å². The van der Waals surface area contributed by atoms with Gasteiger partial charge in [-0.25, -0.2) is 0 Å². The summed E-state index contributed by atoms with van der Waals surface area (Å²) >= 11 is 0. The second kappa shape index (κ2) is 8.69. The van der Waals surface area contributed by atoms with Crippen molar-refractivity contribution in [1.82, 2.24) is 9.80 Å². The lowest BCUT2D eigenvalue weighted by atomic mass is 10.3. The molecule has 2 N–H and O–H groups in total. The number of nitrogens with two attached hydrogens (primary N) is 1. The summed E-state index contributed by atoms with van der Waals surface area (Å²) in [5.74, 6) is 0.0635. The molecule has 0 spiro atoms. The number of carbonyl (C=O) groups excluding carboxylic acids is 1. The molecule has 1 fully saturated rings. The van der Waals surface area contributed by atoms with Crippen LogP contribution in [0.2, 0.25) is 0 Å². The third kappa shape index (κ3) is 5.68. The molecule has 0 aliphatic carbocycles.